The minimum atomic E-state index is -3.46. The molecule has 1 atom stereocenters. The van der Waals surface area contributed by atoms with E-state index in [-0.39, 0.29) is 17.1 Å². The van der Waals surface area contributed by atoms with Crippen LogP contribution in [-0.2, 0) is 21.8 Å². The third kappa shape index (κ3) is 5.38. The molecule has 0 bridgehead atoms. The Labute approximate surface area is 184 Å². The number of pyridine rings is 1. The Morgan fingerprint density at radius 3 is 2.59 bits per heavy atom. The van der Waals surface area contributed by atoms with Crippen molar-refractivity contribution in [2.45, 2.75) is 26.9 Å². The van der Waals surface area contributed by atoms with Crippen LogP contribution in [0.1, 0.15) is 29.8 Å². The number of nitrogens with one attached hydrogen (secondary N) is 2. The van der Waals surface area contributed by atoms with Crippen molar-refractivity contribution < 1.29 is 22.3 Å². The summed E-state index contributed by atoms with van der Waals surface area (Å²) in [5.41, 5.74) is 2.45. The predicted molar refractivity (Wildman–Crippen MR) is 117 cm³/mol. The molecule has 0 saturated heterocycles. The number of sulfonamides is 1. The molecule has 0 unspecified atom stereocenters. The minimum absolute atomic E-state index is 0.211. The van der Waals surface area contributed by atoms with E-state index < -0.39 is 28.0 Å². The van der Waals surface area contributed by atoms with E-state index >= 15 is 0 Å². The first kappa shape index (κ1) is 23.1. The number of amides is 1. The molecule has 0 radical (unpaired) electrons. The van der Waals surface area contributed by atoms with Crippen molar-refractivity contribution in [1.82, 2.24) is 20.0 Å². The Bertz CT molecular complexity index is 1280. The molecule has 12 heteroatoms. The number of hydrogen-bond donors (Lipinski definition) is 2. The van der Waals surface area contributed by atoms with Gasteiger partial charge in [-0.1, -0.05) is 16.8 Å². The van der Waals surface area contributed by atoms with Gasteiger partial charge in [-0.05, 0) is 45.0 Å². The summed E-state index contributed by atoms with van der Waals surface area (Å²) < 4.78 is 46.1. The number of halogens is 1. The first-order valence-electron chi connectivity index (χ1n) is 9.54. The van der Waals surface area contributed by atoms with E-state index in [9.17, 15) is 17.6 Å². The van der Waals surface area contributed by atoms with Gasteiger partial charge in [-0.3, -0.25) is 10.0 Å². The Kier molecular flexibility index (Phi) is 6.44. The van der Waals surface area contributed by atoms with Crippen LogP contribution in [0.3, 0.4) is 0 Å². The lowest BCUT2D eigenvalue weighted by Crippen LogP contribution is -2.19. The number of hydrogen-bond acceptors (Lipinski definition) is 7. The van der Waals surface area contributed by atoms with Crippen LogP contribution in [0.5, 0.6) is 0 Å². The lowest BCUT2D eigenvalue weighted by Gasteiger charge is -2.16. The van der Waals surface area contributed by atoms with Gasteiger partial charge in [-0.15, -0.1) is 5.10 Å². The number of benzene rings is 1. The predicted octanol–water partition coefficient (Wildman–Crippen LogP) is 3.31. The highest BCUT2D eigenvalue weighted by Gasteiger charge is 2.21. The summed E-state index contributed by atoms with van der Waals surface area (Å²) in [6.07, 6.45) is -0.612. The average molecular weight is 463 g/mol. The lowest BCUT2D eigenvalue weighted by atomic mass is 10.1. The molecule has 0 aliphatic carbocycles. The van der Waals surface area contributed by atoms with Crippen LogP contribution in [0.25, 0.3) is 11.4 Å². The van der Waals surface area contributed by atoms with Crippen LogP contribution >= 0.6 is 0 Å². The summed E-state index contributed by atoms with van der Waals surface area (Å²) in [6, 6.07) is 7.65. The van der Waals surface area contributed by atoms with Crippen LogP contribution in [0.15, 0.2) is 30.3 Å². The quantitative estimate of drug-likeness (QED) is 0.575. The smallest absolute Gasteiger partial charge is 0.413 e. The van der Waals surface area contributed by atoms with Gasteiger partial charge in [-0.25, -0.2) is 27.3 Å². The molecular formula is C20H23FN6O4S. The normalized spacial score (nSPS) is 12.3. The maximum atomic E-state index is 14.1. The van der Waals surface area contributed by atoms with Gasteiger partial charge in [0.1, 0.15) is 11.9 Å². The van der Waals surface area contributed by atoms with Gasteiger partial charge in [0.05, 0.1) is 23.3 Å². The Hall–Kier alpha value is -3.54. The number of aryl methyl sites for hydroxylation is 3. The average Bonchev–Trinajstić information content (AvgIpc) is 3.04. The highest BCUT2D eigenvalue weighted by Crippen LogP contribution is 2.27. The van der Waals surface area contributed by atoms with Crippen molar-refractivity contribution in [3.63, 3.8) is 0 Å². The second-order valence-electron chi connectivity index (χ2n) is 7.31. The van der Waals surface area contributed by atoms with Crippen LogP contribution in [0, 0.1) is 19.7 Å². The highest BCUT2D eigenvalue weighted by atomic mass is 32.2. The third-order valence-electron chi connectivity index (χ3n) is 4.54. The summed E-state index contributed by atoms with van der Waals surface area (Å²) >= 11 is 0. The van der Waals surface area contributed by atoms with Gasteiger partial charge >= 0.3 is 6.09 Å². The van der Waals surface area contributed by atoms with Crippen molar-refractivity contribution in [3.05, 3.63) is 53.0 Å². The molecule has 2 N–H and O–H groups in total. The van der Waals surface area contributed by atoms with Gasteiger partial charge in [0.15, 0.2) is 11.5 Å². The van der Waals surface area contributed by atoms with E-state index in [2.05, 4.69) is 25.3 Å². The Balaban J connectivity index is 1.81. The molecule has 0 aliphatic heterocycles. The number of aromatic nitrogens is 4. The second-order valence-corrected chi connectivity index (χ2v) is 9.06. The molecule has 3 rings (SSSR count). The summed E-state index contributed by atoms with van der Waals surface area (Å²) in [7, 11) is -1.89. The molecule has 0 saturated carbocycles. The van der Waals surface area contributed by atoms with Gasteiger partial charge in [0.2, 0.25) is 10.0 Å². The first-order valence-corrected chi connectivity index (χ1v) is 11.4. The zero-order valence-corrected chi connectivity index (χ0v) is 19.0. The lowest BCUT2D eigenvalue weighted by molar-refractivity contribution is 0.119. The molecule has 10 nitrogen and oxygen atoms in total. The third-order valence-corrected chi connectivity index (χ3v) is 5.14. The molecular weight excluding hydrogens is 439 g/mol. The van der Waals surface area contributed by atoms with Gasteiger partial charge in [0.25, 0.3) is 0 Å². The number of carbonyl (C=O) groups excluding carboxylic acids is 1. The van der Waals surface area contributed by atoms with Crippen molar-refractivity contribution in [2.75, 3.05) is 16.3 Å². The van der Waals surface area contributed by atoms with E-state index in [1.807, 2.05) is 6.92 Å². The fourth-order valence-corrected chi connectivity index (χ4v) is 3.61. The summed E-state index contributed by atoms with van der Waals surface area (Å²) in [5.74, 6) is -0.260. The number of rotatable bonds is 6. The molecule has 1 aromatic carbocycles. The van der Waals surface area contributed by atoms with Gasteiger partial charge in [-0.2, -0.15) is 0 Å². The van der Waals surface area contributed by atoms with E-state index in [0.29, 0.717) is 17.1 Å². The van der Waals surface area contributed by atoms with Gasteiger partial charge in [0, 0.05) is 12.6 Å². The van der Waals surface area contributed by atoms with E-state index in [0.717, 1.165) is 11.8 Å². The van der Waals surface area contributed by atoms with Crippen molar-refractivity contribution in [1.29, 1.82) is 0 Å². The maximum absolute atomic E-state index is 14.1. The minimum Gasteiger partial charge on any atom is -0.441 e. The monoisotopic (exact) mass is 462 g/mol. The van der Waals surface area contributed by atoms with E-state index in [1.54, 1.807) is 39.1 Å². The van der Waals surface area contributed by atoms with Crippen molar-refractivity contribution in [3.8, 4) is 11.4 Å². The fourth-order valence-electron chi connectivity index (χ4n) is 3.00. The zero-order chi connectivity index (χ0) is 23.6. The molecule has 0 aliphatic rings. The Morgan fingerprint density at radius 1 is 1.22 bits per heavy atom. The summed E-state index contributed by atoms with van der Waals surface area (Å²) in [5, 5.41) is 10.5. The molecule has 3 aromatic rings. The first-order chi connectivity index (χ1) is 14.9. The largest absolute Gasteiger partial charge is 0.441 e. The summed E-state index contributed by atoms with van der Waals surface area (Å²) in [4.78, 5) is 16.8. The molecule has 0 spiro atoms. The molecule has 32 heavy (non-hydrogen) atoms. The van der Waals surface area contributed by atoms with Crippen LogP contribution in [0.4, 0.5) is 20.7 Å². The van der Waals surface area contributed by atoms with E-state index in [1.165, 1.54) is 16.8 Å². The highest BCUT2D eigenvalue weighted by molar-refractivity contribution is 7.92. The van der Waals surface area contributed by atoms with Crippen LogP contribution < -0.4 is 10.0 Å². The number of carbonyl (C=O) groups is 1. The second kappa shape index (κ2) is 8.91. The van der Waals surface area contributed by atoms with Crippen LogP contribution in [0.2, 0.25) is 0 Å². The topological polar surface area (TPSA) is 128 Å². The fraction of sp³-hybridized carbons (Fsp3) is 0.300. The Morgan fingerprint density at radius 2 is 1.94 bits per heavy atom. The van der Waals surface area contributed by atoms with Crippen molar-refractivity contribution in [2.24, 2.45) is 7.05 Å². The number of nitrogens with zero attached hydrogens (tertiary/aromatic N) is 4. The molecule has 2 heterocycles. The number of ether oxygens (including phenoxy) is 1. The SMILES string of the molecule is Cc1ccc(F)c([C@@H](C)OC(=O)Nc2c(-c3ccc(NS(C)(=O)=O)c(C)n3)nnn2C)c1. The molecule has 170 valence electrons. The molecule has 2 aromatic heterocycles. The number of anilines is 2. The van der Waals surface area contributed by atoms with Gasteiger partial charge < -0.3 is 4.74 Å². The molecule has 1 amide bonds. The maximum Gasteiger partial charge on any atom is 0.413 e. The van der Waals surface area contributed by atoms with E-state index in [4.69, 9.17) is 4.74 Å². The standard InChI is InChI=1S/C20H23FN6O4S/c1-11-6-7-15(21)14(10-11)13(3)31-20(28)23-19-18(24-26-27(19)4)17-9-8-16(12(2)22-17)25-32(5,29)30/h6-10,13,25H,1-5H3,(H,23,28)/t13-/m1/s1. The van der Waals surface area contributed by atoms with Crippen molar-refractivity contribution >= 4 is 27.6 Å². The molecule has 0 fully saturated rings. The van der Waals surface area contributed by atoms with Crippen LogP contribution in [-0.4, -0.2) is 40.7 Å². The zero-order valence-electron chi connectivity index (χ0n) is 18.2. The summed E-state index contributed by atoms with van der Waals surface area (Å²) in [6.45, 7) is 5.01.